The topological polar surface area (TPSA) is 47.9 Å². The van der Waals surface area contributed by atoms with Crippen LogP contribution in [0, 0.1) is 3.57 Å². The summed E-state index contributed by atoms with van der Waals surface area (Å²) >= 11 is 15.3. The third-order valence-electron chi connectivity index (χ3n) is 4.31. The summed E-state index contributed by atoms with van der Waals surface area (Å²) in [7, 11) is 0. The average molecular weight is 674 g/mol. The van der Waals surface area contributed by atoms with Crippen molar-refractivity contribution in [3.8, 4) is 5.75 Å². The van der Waals surface area contributed by atoms with Gasteiger partial charge in [0, 0.05) is 14.2 Å². The maximum Gasteiger partial charge on any atom is 0.363 e. The number of halogens is 4. The van der Waals surface area contributed by atoms with Crippen molar-refractivity contribution in [2.75, 3.05) is 0 Å². The zero-order valence-electron chi connectivity index (χ0n) is 15.7. The molecule has 0 bridgehead atoms. The van der Waals surface area contributed by atoms with E-state index in [9.17, 15) is 4.79 Å². The van der Waals surface area contributed by atoms with Gasteiger partial charge in [0.1, 0.15) is 12.4 Å². The fourth-order valence-corrected chi connectivity index (χ4v) is 4.89. The van der Waals surface area contributed by atoms with Crippen LogP contribution in [0.15, 0.2) is 80.3 Å². The summed E-state index contributed by atoms with van der Waals surface area (Å²) in [5, 5.41) is 0.662. The van der Waals surface area contributed by atoms with Gasteiger partial charge in [-0.2, -0.15) is 0 Å². The molecule has 0 aliphatic carbocycles. The fraction of sp³-hybridized carbons (Fsp3) is 0.0435. The molecule has 3 aromatic rings. The number of nitrogens with zero attached hydrogens (tertiary/aromatic N) is 1. The summed E-state index contributed by atoms with van der Waals surface area (Å²) in [5.74, 6) is 0.466. The van der Waals surface area contributed by atoms with Gasteiger partial charge in [-0.3, -0.25) is 0 Å². The average Bonchev–Trinajstić information content (AvgIpc) is 3.08. The van der Waals surface area contributed by atoms with Crippen LogP contribution in [0.25, 0.3) is 6.08 Å². The predicted molar refractivity (Wildman–Crippen MR) is 137 cm³/mol. The van der Waals surface area contributed by atoms with E-state index in [0.29, 0.717) is 23.3 Å². The van der Waals surface area contributed by atoms with Gasteiger partial charge in [0.05, 0.1) is 8.95 Å². The van der Waals surface area contributed by atoms with E-state index >= 15 is 0 Å². The molecule has 0 unspecified atom stereocenters. The van der Waals surface area contributed by atoms with E-state index in [1.54, 1.807) is 6.08 Å². The molecule has 1 aliphatic heterocycles. The van der Waals surface area contributed by atoms with Gasteiger partial charge in [-0.05, 0) is 120 Å². The van der Waals surface area contributed by atoms with Gasteiger partial charge < -0.3 is 9.47 Å². The Balaban J connectivity index is 1.55. The Kier molecular flexibility index (Phi) is 7.15. The number of cyclic esters (lactones) is 1. The standard InChI is InChI=1S/C23H13Br2ClINO3/c24-18-9-14(10-19(25)21(18)30-12-13-2-1-3-16(26)8-13)11-20-23(29)31-22(28-20)15-4-6-17(27)7-5-15/h1-11H,12H2/b20-11-. The van der Waals surface area contributed by atoms with Crippen LogP contribution in [-0.2, 0) is 16.1 Å². The van der Waals surface area contributed by atoms with Crippen LogP contribution in [-0.4, -0.2) is 11.9 Å². The molecule has 0 atom stereocenters. The number of benzene rings is 3. The molecule has 0 fully saturated rings. The second-order valence-corrected chi connectivity index (χ2v) is 9.97. The maximum absolute atomic E-state index is 12.3. The number of carbonyl (C=O) groups excluding carboxylic acids is 1. The quantitative estimate of drug-likeness (QED) is 0.161. The highest BCUT2D eigenvalue weighted by Gasteiger charge is 2.24. The molecule has 3 aromatic carbocycles. The van der Waals surface area contributed by atoms with Gasteiger partial charge in [-0.25, -0.2) is 9.79 Å². The number of hydrogen-bond donors (Lipinski definition) is 0. The van der Waals surface area contributed by atoms with Gasteiger partial charge >= 0.3 is 5.97 Å². The van der Waals surface area contributed by atoms with Crippen LogP contribution < -0.4 is 4.74 Å². The molecule has 0 aromatic heterocycles. The molecule has 0 N–H and O–H groups in total. The van der Waals surface area contributed by atoms with Gasteiger partial charge in [0.25, 0.3) is 0 Å². The monoisotopic (exact) mass is 671 g/mol. The van der Waals surface area contributed by atoms with Crippen LogP contribution in [0.3, 0.4) is 0 Å². The lowest BCUT2D eigenvalue weighted by molar-refractivity contribution is -0.129. The fourth-order valence-electron chi connectivity index (χ4n) is 2.87. The van der Waals surface area contributed by atoms with Crippen LogP contribution in [0.1, 0.15) is 16.7 Å². The van der Waals surface area contributed by atoms with Crippen molar-refractivity contribution in [2.45, 2.75) is 6.61 Å². The molecule has 31 heavy (non-hydrogen) atoms. The van der Waals surface area contributed by atoms with E-state index in [-0.39, 0.29) is 5.70 Å². The first-order chi connectivity index (χ1) is 14.9. The summed E-state index contributed by atoms with van der Waals surface area (Å²) in [4.78, 5) is 16.6. The molecule has 0 radical (unpaired) electrons. The van der Waals surface area contributed by atoms with Crippen molar-refractivity contribution in [1.29, 1.82) is 0 Å². The van der Waals surface area contributed by atoms with Crippen LogP contribution in [0.5, 0.6) is 5.75 Å². The van der Waals surface area contributed by atoms with Crippen LogP contribution in [0.4, 0.5) is 0 Å². The van der Waals surface area contributed by atoms with Crippen molar-refractivity contribution < 1.29 is 14.3 Å². The Hall–Kier alpha value is -1.68. The molecule has 1 heterocycles. The number of carbonyl (C=O) groups is 1. The van der Waals surface area contributed by atoms with Gasteiger partial charge in [0.2, 0.25) is 5.90 Å². The minimum absolute atomic E-state index is 0.236. The van der Waals surface area contributed by atoms with Crippen molar-refractivity contribution >= 4 is 84.0 Å². The molecular weight excluding hydrogens is 660 g/mol. The molecule has 4 nitrogen and oxygen atoms in total. The van der Waals surface area contributed by atoms with E-state index < -0.39 is 5.97 Å². The number of hydrogen-bond acceptors (Lipinski definition) is 4. The Morgan fingerprint density at radius 1 is 1.06 bits per heavy atom. The molecule has 0 spiro atoms. The van der Waals surface area contributed by atoms with Gasteiger partial charge in [-0.15, -0.1) is 0 Å². The summed E-state index contributed by atoms with van der Waals surface area (Å²) in [6, 6.07) is 18.8. The van der Waals surface area contributed by atoms with Crippen molar-refractivity contribution in [3.63, 3.8) is 0 Å². The van der Waals surface area contributed by atoms with E-state index in [2.05, 4.69) is 59.4 Å². The summed E-state index contributed by atoms with van der Waals surface area (Å²) in [6.07, 6.45) is 1.68. The highest BCUT2D eigenvalue weighted by atomic mass is 127. The van der Waals surface area contributed by atoms with Gasteiger partial charge in [-0.1, -0.05) is 23.7 Å². The lowest BCUT2D eigenvalue weighted by atomic mass is 10.2. The van der Waals surface area contributed by atoms with Crippen molar-refractivity contribution in [2.24, 2.45) is 4.99 Å². The zero-order chi connectivity index (χ0) is 22.0. The highest BCUT2D eigenvalue weighted by Crippen LogP contribution is 2.36. The lowest BCUT2D eigenvalue weighted by Gasteiger charge is -2.11. The van der Waals surface area contributed by atoms with E-state index in [1.807, 2.05) is 60.7 Å². The zero-order valence-corrected chi connectivity index (χ0v) is 21.8. The maximum atomic E-state index is 12.3. The number of aliphatic imine (C=N–C) groups is 1. The Morgan fingerprint density at radius 3 is 2.45 bits per heavy atom. The molecule has 1 aliphatic rings. The summed E-state index contributed by atoms with van der Waals surface area (Å²) < 4.78 is 13.9. The molecule has 0 saturated heterocycles. The molecule has 0 saturated carbocycles. The van der Waals surface area contributed by atoms with Crippen molar-refractivity contribution in [3.05, 3.63) is 101 Å². The smallest absolute Gasteiger partial charge is 0.363 e. The second-order valence-electron chi connectivity index (χ2n) is 6.58. The Morgan fingerprint density at radius 2 is 1.77 bits per heavy atom. The molecule has 0 amide bonds. The van der Waals surface area contributed by atoms with Crippen molar-refractivity contribution in [1.82, 2.24) is 0 Å². The summed E-state index contributed by atoms with van der Waals surface area (Å²) in [6.45, 7) is 0.369. The molecule has 8 heteroatoms. The number of ether oxygens (including phenoxy) is 2. The van der Waals surface area contributed by atoms with E-state index in [4.69, 9.17) is 21.1 Å². The molecule has 4 rings (SSSR count). The minimum Gasteiger partial charge on any atom is -0.487 e. The SMILES string of the molecule is O=C1OC(c2ccc(I)cc2)=N/C1=C\c1cc(Br)c(OCc2cccc(Cl)c2)c(Br)c1. The largest absolute Gasteiger partial charge is 0.487 e. The van der Waals surface area contributed by atoms with E-state index in [0.717, 1.165) is 29.2 Å². The normalized spacial score (nSPS) is 14.5. The molecule has 156 valence electrons. The third-order valence-corrected chi connectivity index (χ3v) is 6.44. The van der Waals surface area contributed by atoms with Crippen LogP contribution in [0.2, 0.25) is 5.02 Å². The first-order valence-corrected chi connectivity index (χ1v) is 12.1. The first kappa shape index (κ1) is 22.5. The Labute approximate surface area is 214 Å². The minimum atomic E-state index is -0.484. The second kappa shape index (κ2) is 9.85. The van der Waals surface area contributed by atoms with E-state index in [1.165, 1.54) is 0 Å². The third kappa shape index (κ3) is 5.58. The highest BCUT2D eigenvalue weighted by molar-refractivity contribution is 14.1. The molecular formula is C23H13Br2ClINO3. The lowest BCUT2D eigenvalue weighted by Crippen LogP contribution is -2.05. The first-order valence-electron chi connectivity index (χ1n) is 9.04. The number of esters is 1. The Bertz CT molecular complexity index is 1200. The summed E-state index contributed by atoms with van der Waals surface area (Å²) in [5.41, 5.74) is 2.72. The van der Waals surface area contributed by atoms with Crippen LogP contribution >= 0.6 is 66.1 Å². The number of rotatable bonds is 5. The predicted octanol–water partition coefficient (Wildman–Crippen LogP) is 7.39. The van der Waals surface area contributed by atoms with Gasteiger partial charge in [0.15, 0.2) is 5.70 Å².